The molecule has 0 amide bonds. The number of benzene rings is 2. The molecule has 20 heavy (non-hydrogen) atoms. The molecular weight excluding hydrogens is 320 g/mol. The van der Waals surface area contributed by atoms with E-state index in [1.54, 1.807) is 44.6 Å². The summed E-state index contributed by atoms with van der Waals surface area (Å²) in [6.45, 7) is 1.95. The van der Waals surface area contributed by atoms with Gasteiger partial charge in [-0.1, -0.05) is 28.1 Å². The number of hydrogen-bond donors (Lipinski definition) is 0. The largest absolute Gasteiger partial charge is 0.497 e. The Morgan fingerprint density at radius 3 is 2.50 bits per heavy atom. The van der Waals surface area contributed by atoms with Crippen molar-refractivity contribution in [3.8, 4) is 11.5 Å². The van der Waals surface area contributed by atoms with Crippen LogP contribution in [-0.2, 0) is 0 Å². The number of ether oxygens (including phenoxy) is 2. The van der Waals surface area contributed by atoms with E-state index in [-0.39, 0.29) is 5.78 Å². The molecule has 0 spiro atoms. The second kappa shape index (κ2) is 6.09. The van der Waals surface area contributed by atoms with Crippen LogP contribution in [0.2, 0.25) is 0 Å². The van der Waals surface area contributed by atoms with E-state index >= 15 is 0 Å². The summed E-state index contributed by atoms with van der Waals surface area (Å²) in [7, 11) is 3.14. The smallest absolute Gasteiger partial charge is 0.196 e. The van der Waals surface area contributed by atoms with Gasteiger partial charge in [-0.3, -0.25) is 4.79 Å². The highest BCUT2D eigenvalue weighted by Gasteiger charge is 2.16. The number of halogens is 1. The molecule has 0 saturated heterocycles. The van der Waals surface area contributed by atoms with Crippen LogP contribution in [0.4, 0.5) is 0 Å². The molecule has 2 aromatic carbocycles. The Balaban J connectivity index is 2.49. The summed E-state index contributed by atoms with van der Waals surface area (Å²) in [6.07, 6.45) is 0. The van der Waals surface area contributed by atoms with E-state index < -0.39 is 0 Å². The maximum absolute atomic E-state index is 12.6. The van der Waals surface area contributed by atoms with Crippen molar-refractivity contribution in [1.82, 2.24) is 0 Å². The van der Waals surface area contributed by atoms with Gasteiger partial charge in [-0.15, -0.1) is 0 Å². The van der Waals surface area contributed by atoms with Gasteiger partial charge in [-0.05, 0) is 36.8 Å². The highest BCUT2D eigenvalue weighted by Crippen LogP contribution is 2.29. The topological polar surface area (TPSA) is 35.5 Å². The summed E-state index contributed by atoms with van der Waals surface area (Å²) in [4.78, 5) is 12.6. The second-order valence-electron chi connectivity index (χ2n) is 4.36. The number of rotatable bonds is 4. The first-order chi connectivity index (χ1) is 9.56. The first-order valence-corrected chi connectivity index (χ1v) is 6.89. The zero-order valence-corrected chi connectivity index (χ0v) is 13.2. The van der Waals surface area contributed by atoms with E-state index in [9.17, 15) is 4.79 Å². The molecule has 0 fully saturated rings. The average molecular weight is 335 g/mol. The summed E-state index contributed by atoms with van der Waals surface area (Å²) >= 11 is 3.45. The zero-order chi connectivity index (χ0) is 14.7. The minimum absolute atomic E-state index is 0.0959. The molecule has 0 N–H and O–H groups in total. The molecule has 104 valence electrons. The Labute approximate surface area is 126 Å². The third kappa shape index (κ3) is 2.85. The summed E-state index contributed by atoms with van der Waals surface area (Å²) in [5, 5.41) is 0. The van der Waals surface area contributed by atoms with Crippen LogP contribution in [0.5, 0.6) is 11.5 Å². The molecule has 3 nitrogen and oxygen atoms in total. The molecule has 2 aromatic rings. The normalized spacial score (nSPS) is 10.2. The van der Waals surface area contributed by atoms with E-state index in [0.29, 0.717) is 22.6 Å². The lowest BCUT2D eigenvalue weighted by Gasteiger charge is -2.11. The van der Waals surface area contributed by atoms with Gasteiger partial charge in [0.1, 0.15) is 11.5 Å². The quantitative estimate of drug-likeness (QED) is 0.792. The van der Waals surface area contributed by atoms with Crippen molar-refractivity contribution in [2.75, 3.05) is 14.2 Å². The summed E-state index contributed by atoms with van der Waals surface area (Å²) in [6, 6.07) is 10.7. The van der Waals surface area contributed by atoms with E-state index in [1.165, 1.54) is 0 Å². The Kier molecular flexibility index (Phi) is 4.45. The van der Waals surface area contributed by atoms with Crippen molar-refractivity contribution in [2.45, 2.75) is 6.92 Å². The highest BCUT2D eigenvalue weighted by molar-refractivity contribution is 9.10. The van der Waals surface area contributed by atoms with Crippen LogP contribution in [0.25, 0.3) is 0 Å². The van der Waals surface area contributed by atoms with Crippen LogP contribution in [0, 0.1) is 6.92 Å². The van der Waals surface area contributed by atoms with E-state index in [2.05, 4.69) is 15.9 Å². The lowest BCUT2D eigenvalue weighted by Crippen LogP contribution is -2.05. The number of methoxy groups -OCH3 is 2. The van der Waals surface area contributed by atoms with E-state index in [0.717, 1.165) is 10.0 Å². The summed E-state index contributed by atoms with van der Waals surface area (Å²) < 4.78 is 11.3. The number of aryl methyl sites for hydroxylation is 1. The molecule has 0 radical (unpaired) electrons. The van der Waals surface area contributed by atoms with E-state index in [4.69, 9.17) is 9.47 Å². The van der Waals surface area contributed by atoms with Crippen LogP contribution in [0.15, 0.2) is 40.9 Å². The molecule has 0 atom stereocenters. The van der Waals surface area contributed by atoms with Crippen molar-refractivity contribution in [3.63, 3.8) is 0 Å². The lowest BCUT2D eigenvalue weighted by molar-refractivity contribution is 0.103. The van der Waals surface area contributed by atoms with Gasteiger partial charge in [0.05, 0.1) is 19.8 Å². The minimum Gasteiger partial charge on any atom is -0.497 e. The Morgan fingerprint density at radius 1 is 1.10 bits per heavy atom. The van der Waals surface area contributed by atoms with Gasteiger partial charge in [0.25, 0.3) is 0 Å². The fourth-order valence-corrected chi connectivity index (χ4v) is 2.26. The number of carbonyl (C=O) groups excluding carboxylic acids is 1. The average Bonchev–Trinajstić information content (AvgIpc) is 2.48. The van der Waals surface area contributed by atoms with Gasteiger partial charge in [-0.2, -0.15) is 0 Å². The molecule has 0 saturated carbocycles. The Bertz CT molecular complexity index is 650. The van der Waals surface area contributed by atoms with Gasteiger partial charge in [-0.25, -0.2) is 0 Å². The maximum Gasteiger partial charge on any atom is 0.196 e. The van der Waals surface area contributed by atoms with Gasteiger partial charge < -0.3 is 9.47 Å². The van der Waals surface area contributed by atoms with Crippen LogP contribution >= 0.6 is 15.9 Å². The standard InChI is InChI=1S/C16H15BrO3/c1-10-7-15(20-3)13(9-14(10)17)16(18)11-5-4-6-12(8-11)19-2/h4-9H,1-3H3. The monoisotopic (exact) mass is 334 g/mol. The third-order valence-electron chi connectivity index (χ3n) is 3.06. The van der Waals surface area contributed by atoms with Gasteiger partial charge >= 0.3 is 0 Å². The van der Waals surface area contributed by atoms with E-state index in [1.807, 2.05) is 13.0 Å². The van der Waals surface area contributed by atoms with Crippen molar-refractivity contribution in [2.24, 2.45) is 0 Å². The zero-order valence-electron chi connectivity index (χ0n) is 11.6. The SMILES string of the molecule is COc1cccc(C(=O)c2cc(Br)c(C)cc2OC)c1. The molecular formula is C16H15BrO3. The number of carbonyl (C=O) groups is 1. The predicted molar refractivity (Wildman–Crippen MR) is 81.9 cm³/mol. The van der Waals surface area contributed by atoms with Crippen LogP contribution in [0.1, 0.15) is 21.5 Å². The first kappa shape index (κ1) is 14.6. The Hall–Kier alpha value is -1.81. The number of ketones is 1. The second-order valence-corrected chi connectivity index (χ2v) is 5.22. The molecule has 0 aliphatic carbocycles. The van der Waals surface area contributed by atoms with Crippen LogP contribution in [0.3, 0.4) is 0 Å². The minimum atomic E-state index is -0.0959. The van der Waals surface area contributed by atoms with Crippen molar-refractivity contribution in [1.29, 1.82) is 0 Å². The van der Waals surface area contributed by atoms with Crippen LogP contribution < -0.4 is 9.47 Å². The molecule has 0 aliphatic rings. The molecule has 0 aromatic heterocycles. The van der Waals surface area contributed by atoms with Gasteiger partial charge in [0.15, 0.2) is 5.78 Å². The molecule has 4 heteroatoms. The molecule has 0 unspecified atom stereocenters. The van der Waals surface area contributed by atoms with Crippen molar-refractivity contribution < 1.29 is 14.3 Å². The molecule has 0 heterocycles. The molecule has 2 rings (SSSR count). The van der Waals surface area contributed by atoms with Crippen molar-refractivity contribution in [3.05, 3.63) is 57.6 Å². The van der Waals surface area contributed by atoms with Crippen LogP contribution in [-0.4, -0.2) is 20.0 Å². The summed E-state index contributed by atoms with van der Waals surface area (Å²) in [5.41, 5.74) is 2.11. The number of hydrogen-bond acceptors (Lipinski definition) is 3. The first-order valence-electron chi connectivity index (χ1n) is 6.09. The fourth-order valence-electron chi connectivity index (χ4n) is 1.92. The van der Waals surface area contributed by atoms with Gasteiger partial charge in [0, 0.05) is 10.0 Å². The molecule has 0 aliphatic heterocycles. The highest BCUT2D eigenvalue weighted by atomic mass is 79.9. The molecule has 0 bridgehead atoms. The Morgan fingerprint density at radius 2 is 1.85 bits per heavy atom. The summed E-state index contributed by atoms with van der Waals surface area (Å²) in [5.74, 6) is 1.13. The maximum atomic E-state index is 12.6. The van der Waals surface area contributed by atoms with Crippen molar-refractivity contribution >= 4 is 21.7 Å². The van der Waals surface area contributed by atoms with Gasteiger partial charge in [0.2, 0.25) is 0 Å². The third-order valence-corrected chi connectivity index (χ3v) is 3.91. The lowest BCUT2D eigenvalue weighted by atomic mass is 10.0. The predicted octanol–water partition coefficient (Wildman–Crippen LogP) is 4.01. The fraction of sp³-hybridized carbons (Fsp3) is 0.188.